The molecule has 0 radical (unpaired) electrons. The average Bonchev–Trinajstić information content (AvgIpc) is 3.99. The second kappa shape index (κ2) is 13.8. The Kier molecular flexibility index (Phi) is 7.90. The van der Waals surface area contributed by atoms with Gasteiger partial charge in [0.15, 0.2) is 0 Å². The molecule has 13 rings (SSSR count). The Bertz CT molecular complexity index is 3290. The van der Waals surface area contributed by atoms with Crippen LogP contribution in [0.25, 0.3) is 46.2 Å². The standard InChI is InChI=1S/C56H42N2O3/c1-3-13-39(14-4-1)57(47-19-11-23-51-55(47)43-17-7-9-21-49(43)59-51)41-27-25-35-31-45-46-32-36-26-28-42(30-38(36)34-54(46)61-53(45)33-37(35)29-41)58(40-15-5-2-6-16-40)48-20-12-24-52-56(48)44-18-8-10-22-50(44)60-52/h1-34,43,45-46,49,51,53-55H. The molecular weight excluding hydrogens is 749 g/mol. The average molecular weight is 791 g/mol. The zero-order chi connectivity index (χ0) is 40.0. The van der Waals surface area contributed by atoms with E-state index in [1.807, 2.05) is 12.1 Å². The normalized spacial score (nSPS) is 26.0. The van der Waals surface area contributed by atoms with Crippen LogP contribution < -0.4 is 30.7 Å². The predicted octanol–water partition coefficient (Wildman–Crippen LogP) is 9.62. The summed E-state index contributed by atoms with van der Waals surface area (Å²) in [6, 6.07) is 49.9. The molecular formula is C56H42N2O3. The summed E-state index contributed by atoms with van der Waals surface area (Å²) in [6.07, 6.45) is 25.2. The molecule has 0 N–H and O–H groups in total. The third-order valence-corrected chi connectivity index (χ3v) is 13.6. The predicted molar refractivity (Wildman–Crippen MR) is 247 cm³/mol. The molecule has 2 saturated heterocycles. The van der Waals surface area contributed by atoms with Crippen LogP contribution >= 0.6 is 0 Å². The van der Waals surface area contributed by atoms with Gasteiger partial charge in [-0.05, 0) is 106 Å². The van der Waals surface area contributed by atoms with Crippen molar-refractivity contribution in [2.45, 2.75) is 24.4 Å². The van der Waals surface area contributed by atoms with Gasteiger partial charge in [0.2, 0.25) is 0 Å². The topological polar surface area (TPSA) is 38.1 Å². The first-order valence-electron chi connectivity index (χ1n) is 21.5. The Morgan fingerprint density at radius 1 is 0.410 bits per heavy atom. The first-order chi connectivity index (χ1) is 30.2. The van der Waals surface area contributed by atoms with Crippen molar-refractivity contribution in [2.75, 3.05) is 9.80 Å². The summed E-state index contributed by atoms with van der Waals surface area (Å²) >= 11 is 0. The molecule has 0 amide bonds. The summed E-state index contributed by atoms with van der Waals surface area (Å²) < 4.78 is 19.9. The number of hydrogen-bond acceptors (Lipinski definition) is 5. The van der Waals surface area contributed by atoms with Gasteiger partial charge < -0.3 is 23.7 Å². The molecule has 2 fully saturated rings. The number of fused-ring (bicyclic) bond motifs is 11. The molecule has 3 heterocycles. The first-order valence-corrected chi connectivity index (χ1v) is 21.5. The Hall–Kier alpha value is -6.92. The molecule has 294 valence electrons. The molecule has 4 aliphatic carbocycles. The largest absolute Gasteiger partial charge is 0.456 e. The summed E-state index contributed by atoms with van der Waals surface area (Å²) in [5, 5.41) is 7.12. The van der Waals surface area contributed by atoms with Crippen LogP contribution in [0.4, 0.5) is 28.4 Å². The van der Waals surface area contributed by atoms with Crippen LogP contribution in [-0.2, 0) is 9.47 Å². The van der Waals surface area contributed by atoms with Gasteiger partial charge in [0.1, 0.15) is 11.2 Å². The third-order valence-electron chi connectivity index (χ3n) is 13.6. The van der Waals surface area contributed by atoms with E-state index in [1.165, 1.54) is 26.6 Å². The minimum atomic E-state index is -0.0321. The number of allylic oxidation sites excluding steroid dienone is 4. The maximum absolute atomic E-state index is 7.00. The highest BCUT2D eigenvalue weighted by molar-refractivity contribution is 6.13. The summed E-state index contributed by atoms with van der Waals surface area (Å²) in [7, 11) is 0. The van der Waals surface area contributed by atoms with Gasteiger partial charge in [0, 0.05) is 57.5 Å². The van der Waals surface area contributed by atoms with E-state index in [4.69, 9.17) is 13.9 Å². The Labute approximate surface area is 353 Å². The molecule has 7 aromatic rings. The smallest absolute Gasteiger partial charge is 0.137 e. The van der Waals surface area contributed by atoms with Gasteiger partial charge in [0.25, 0.3) is 0 Å². The van der Waals surface area contributed by atoms with Crippen molar-refractivity contribution in [2.24, 2.45) is 23.7 Å². The zero-order valence-corrected chi connectivity index (χ0v) is 33.4. The summed E-state index contributed by atoms with van der Waals surface area (Å²) in [5.41, 5.74) is 8.58. The minimum Gasteiger partial charge on any atom is -0.456 e. The minimum absolute atomic E-state index is 0.0265. The van der Waals surface area contributed by atoms with Crippen molar-refractivity contribution in [1.82, 2.24) is 0 Å². The van der Waals surface area contributed by atoms with Gasteiger partial charge in [-0.25, -0.2) is 0 Å². The van der Waals surface area contributed by atoms with E-state index < -0.39 is 0 Å². The van der Waals surface area contributed by atoms with Crippen molar-refractivity contribution in [3.63, 3.8) is 0 Å². The van der Waals surface area contributed by atoms with Crippen molar-refractivity contribution in [1.29, 1.82) is 0 Å². The van der Waals surface area contributed by atoms with Gasteiger partial charge in [-0.15, -0.1) is 0 Å². The molecule has 8 atom stereocenters. The Morgan fingerprint density at radius 3 is 1.75 bits per heavy atom. The fraction of sp³-hybridized carbons (Fsp3) is 0.143. The van der Waals surface area contributed by atoms with E-state index in [2.05, 4.69) is 204 Å². The van der Waals surface area contributed by atoms with E-state index >= 15 is 0 Å². The zero-order valence-electron chi connectivity index (χ0n) is 33.4. The van der Waals surface area contributed by atoms with Gasteiger partial charge in [-0.1, -0.05) is 121 Å². The molecule has 5 nitrogen and oxygen atoms in total. The van der Waals surface area contributed by atoms with E-state index in [9.17, 15) is 0 Å². The number of nitrogens with zero attached hydrogens (tertiary/aromatic N) is 2. The second-order valence-corrected chi connectivity index (χ2v) is 17.0. The van der Waals surface area contributed by atoms with Crippen LogP contribution in [0.1, 0.15) is 0 Å². The third kappa shape index (κ3) is 5.61. The van der Waals surface area contributed by atoms with Crippen LogP contribution in [0.3, 0.4) is 0 Å². The molecule has 6 aromatic carbocycles. The maximum atomic E-state index is 7.00. The molecule has 6 aliphatic rings. The van der Waals surface area contributed by atoms with Gasteiger partial charge in [-0.2, -0.15) is 0 Å². The summed E-state index contributed by atoms with van der Waals surface area (Å²) in [4.78, 5) is 4.80. The van der Waals surface area contributed by atoms with Gasteiger partial charge in [0.05, 0.1) is 35.5 Å². The molecule has 0 bridgehead atoms. The van der Waals surface area contributed by atoms with Crippen molar-refractivity contribution in [3.05, 3.63) is 209 Å². The lowest BCUT2D eigenvalue weighted by atomic mass is 9.79. The van der Waals surface area contributed by atoms with Crippen molar-refractivity contribution >= 4 is 74.7 Å². The Morgan fingerprint density at radius 2 is 1.02 bits per heavy atom. The van der Waals surface area contributed by atoms with Crippen LogP contribution in [-0.4, -0.2) is 24.4 Å². The number of anilines is 5. The Balaban J connectivity index is 0.863. The van der Waals surface area contributed by atoms with Crippen LogP contribution in [0.15, 0.2) is 192 Å². The number of hydrogen-bond donors (Lipinski definition) is 0. The van der Waals surface area contributed by atoms with E-state index in [0.29, 0.717) is 0 Å². The van der Waals surface area contributed by atoms with Crippen molar-refractivity contribution in [3.8, 4) is 0 Å². The number of ether oxygens (including phenoxy) is 2. The quantitative estimate of drug-likeness (QED) is 0.168. The van der Waals surface area contributed by atoms with Crippen LogP contribution in [0.2, 0.25) is 0 Å². The lowest BCUT2D eigenvalue weighted by Crippen LogP contribution is -2.38. The van der Waals surface area contributed by atoms with Crippen LogP contribution in [0.5, 0.6) is 0 Å². The molecule has 0 saturated carbocycles. The molecule has 61 heavy (non-hydrogen) atoms. The molecule has 1 aromatic heterocycles. The molecule has 8 unspecified atom stereocenters. The highest BCUT2D eigenvalue weighted by Gasteiger charge is 2.46. The van der Waals surface area contributed by atoms with E-state index in [-0.39, 0.29) is 48.1 Å². The monoisotopic (exact) mass is 790 g/mol. The number of rotatable bonds is 6. The fourth-order valence-electron chi connectivity index (χ4n) is 10.9. The van der Waals surface area contributed by atoms with E-state index in [1.54, 1.807) is 0 Å². The summed E-state index contributed by atoms with van der Waals surface area (Å²) in [5.74, 6) is 0.983. The molecule has 0 spiro atoms. The number of para-hydroxylation sites is 3. The summed E-state index contributed by atoms with van der Waals surface area (Å²) in [6.45, 7) is 0. The second-order valence-electron chi connectivity index (χ2n) is 17.0. The van der Waals surface area contributed by atoms with Gasteiger partial charge >= 0.3 is 0 Å². The SMILES string of the molecule is C1=CC2OC3C=CC=C(N(c4ccccc4)c4ccc5c(c4)=CC4OC6C=c7cc(N(c8ccccc8)c8cccc9oc%10ccccc%10c89)ccc7=CC6C4C=5)C3C2C=C1. The van der Waals surface area contributed by atoms with Gasteiger partial charge in [-0.3, -0.25) is 0 Å². The highest BCUT2D eigenvalue weighted by atomic mass is 16.5. The maximum Gasteiger partial charge on any atom is 0.137 e. The first kappa shape index (κ1) is 34.9. The number of benzene rings is 6. The van der Waals surface area contributed by atoms with Crippen LogP contribution in [0, 0.1) is 23.7 Å². The lowest BCUT2D eigenvalue weighted by molar-refractivity contribution is 0.0874. The lowest BCUT2D eigenvalue weighted by Gasteiger charge is -2.36. The fourth-order valence-corrected chi connectivity index (χ4v) is 10.9. The number of furan rings is 1. The van der Waals surface area contributed by atoms with Crippen molar-refractivity contribution < 1.29 is 13.9 Å². The molecule has 2 aliphatic heterocycles. The highest BCUT2D eigenvalue weighted by Crippen LogP contribution is 2.47. The molecule has 5 heteroatoms. The van der Waals surface area contributed by atoms with E-state index in [0.717, 1.165) is 50.4 Å².